The summed E-state index contributed by atoms with van der Waals surface area (Å²) in [5.41, 5.74) is 0.812. The smallest absolute Gasteiger partial charge is 0.240 e. The maximum atomic E-state index is 11.2. The molecule has 0 saturated heterocycles. The third kappa shape index (κ3) is 2.59. The lowest BCUT2D eigenvalue weighted by atomic mass is 10.4. The van der Waals surface area contributed by atoms with Gasteiger partial charge in [-0.25, -0.2) is 0 Å². The number of hydrogen-bond acceptors (Lipinski definition) is 4. The number of nitrogens with zero attached hydrogens (tertiary/aromatic N) is 4. The number of anilines is 1. The summed E-state index contributed by atoms with van der Waals surface area (Å²) in [4.78, 5) is 11.2. The number of aryl methyl sites for hydroxylation is 1. The van der Waals surface area contributed by atoms with Crippen molar-refractivity contribution in [2.24, 2.45) is 0 Å². The molecule has 0 aliphatic rings. The normalized spacial score (nSPS) is 10.2. The van der Waals surface area contributed by atoms with Gasteiger partial charge in [-0.3, -0.25) is 4.79 Å². The van der Waals surface area contributed by atoms with Crippen LogP contribution >= 0.6 is 11.6 Å². The highest BCUT2D eigenvalue weighted by Crippen LogP contribution is 2.12. The maximum absolute atomic E-state index is 11.2. The van der Waals surface area contributed by atoms with Crippen LogP contribution in [0.5, 0.6) is 0 Å². The van der Waals surface area contributed by atoms with Gasteiger partial charge in [0, 0.05) is 6.07 Å². The maximum Gasteiger partial charge on any atom is 0.240 e. The molecule has 0 aliphatic heterocycles. The van der Waals surface area contributed by atoms with E-state index in [-0.39, 0.29) is 11.8 Å². The predicted octanol–water partition coefficient (Wildman–Crippen LogP) is 1.15. The van der Waals surface area contributed by atoms with E-state index in [2.05, 4.69) is 20.6 Å². The van der Waals surface area contributed by atoms with Crippen LogP contribution in [0.25, 0.3) is 5.82 Å². The number of hydrogen-bond donors (Lipinski definition) is 1. The van der Waals surface area contributed by atoms with E-state index in [0.717, 1.165) is 5.69 Å². The Kier molecular flexibility index (Phi) is 3.34. The molecule has 2 aromatic heterocycles. The first-order valence-electron chi connectivity index (χ1n) is 4.91. The number of carbonyl (C=O) groups excluding carboxylic acids is 1. The van der Waals surface area contributed by atoms with Gasteiger partial charge in [0.15, 0.2) is 5.82 Å². The molecule has 1 N–H and O–H groups in total. The summed E-state index contributed by atoms with van der Waals surface area (Å²) in [6.07, 6.45) is 1.56. The van der Waals surface area contributed by atoms with Gasteiger partial charge < -0.3 is 5.32 Å². The highest BCUT2D eigenvalue weighted by atomic mass is 35.5. The Labute approximate surface area is 103 Å². The molecule has 7 heteroatoms. The van der Waals surface area contributed by atoms with Crippen molar-refractivity contribution in [2.45, 2.75) is 6.92 Å². The third-order valence-corrected chi connectivity index (χ3v) is 2.28. The molecule has 0 fully saturated rings. The number of halogens is 1. The molecule has 88 valence electrons. The van der Waals surface area contributed by atoms with Crippen molar-refractivity contribution >= 4 is 23.3 Å². The summed E-state index contributed by atoms with van der Waals surface area (Å²) in [6, 6.07) is 5.24. The molecule has 0 aromatic carbocycles. The highest BCUT2D eigenvalue weighted by Gasteiger charge is 2.08. The van der Waals surface area contributed by atoms with Crippen molar-refractivity contribution in [3.63, 3.8) is 0 Å². The van der Waals surface area contributed by atoms with Crippen LogP contribution in [-0.4, -0.2) is 31.8 Å². The summed E-state index contributed by atoms with van der Waals surface area (Å²) >= 11 is 5.42. The van der Waals surface area contributed by atoms with Crippen LogP contribution in [0, 0.1) is 6.92 Å². The van der Waals surface area contributed by atoms with Gasteiger partial charge in [-0.2, -0.15) is 14.9 Å². The van der Waals surface area contributed by atoms with Crippen molar-refractivity contribution in [1.29, 1.82) is 0 Å². The SMILES string of the molecule is Cc1ccc(-n2nccc2NC(=O)CCl)nn1. The lowest BCUT2D eigenvalue weighted by Crippen LogP contribution is -2.16. The molecule has 0 saturated carbocycles. The highest BCUT2D eigenvalue weighted by molar-refractivity contribution is 6.29. The first kappa shape index (κ1) is 11.5. The molecule has 0 aliphatic carbocycles. The zero-order valence-corrected chi connectivity index (χ0v) is 9.85. The molecular weight excluding hydrogens is 242 g/mol. The summed E-state index contributed by atoms with van der Waals surface area (Å²) in [5, 5.41) is 14.6. The van der Waals surface area contributed by atoms with Crippen molar-refractivity contribution in [3.8, 4) is 5.82 Å². The van der Waals surface area contributed by atoms with E-state index >= 15 is 0 Å². The lowest BCUT2D eigenvalue weighted by Gasteiger charge is -2.06. The number of rotatable bonds is 3. The van der Waals surface area contributed by atoms with E-state index in [1.807, 2.05) is 13.0 Å². The first-order valence-corrected chi connectivity index (χ1v) is 5.44. The molecule has 2 heterocycles. The van der Waals surface area contributed by atoms with Crippen LogP contribution in [0.4, 0.5) is 5.82 Å². The average molecular weight is 252 g/mol. The summed E-state index contributed by atoms with van der Waals surface area (Å²) in [6.45, 7) is 1.84. The van der Waals surface area contributed by atoms with E-state index in [1.54, 1.807) is 18.3 Å². The fraction of sp³-hybridized carbons (Fsp3) is 0.200. The van der Waals surface area contributed by atoms with Gasteiger partial charge in [0.25, 0.3) is 0 Å². The third-order valence-electron chi connectivity index (χ3n) is 2.03. The van der Waals surface area contributed by atoms with Gasteiger partial charge in [0.05, 0.1) is 11.9 Å². The zero-order valence-electron chi connectivity index (χ0n) is 9.09. The van der Waals surface area contributed by atoms with E-state index in [0.29, 0.717) is 11.6 Å². The molecule has 17 heavy (non-hydrogen) atoms. The van der Waals surface area contributed by atoms with Crippen LogP contribution < -0.4 is 5.32 Å². The van der Waals surface area contributed by atoms with Crippen molar-refractivity contribution in [3.05, 3.63) is 30.1 Å². The van der Waals surface area contributed by atoms with Crippen LogP contribution in [0.1, 0.15) is 5.69 Å². The van der Waals surface area contributed by atoms with Crippen molar-refractivity contribution in [1.82, 2.24) is 20.0 Å². The molecular formula is C10H10ClN5O. The van der Waals surface area contributed by atoms with Crippen LogP contribution in [0.15, 0.2) is 24.4 Å². The van der Waals surface area contributed by atoms with Gasteiger partial charge >= 0.3 is 0 Å². The Morgan fingerprint density at radius 3 is 2.88 bits per heavy atom. The minimum atomic E-state index is -0.298. The van der Waals surface area contributed by atoms with Gasteiger partial charge in [-0.15, -0.1) is 16.7 Å². The number of alkyl halides is 1. The van der Waals surface area contributed by atoms with Gasteiger partial charge in [0.1, 0.15) is 11.7 Å². The largest absolute Gasteiger partial charge is 0.309 e. The van der Waals surface area contributed by atoms with Gasteiger partial charge in [-0.05, 0) is 19.1 Å². The molecule has 0 unspecified atom stereocenters. The molecule has 0 radical (unpaired) electrons. The number of aromatic nitrogens is 4. The van der Waals surface area contributed by atoms with E-state index in [9.17, 15) is 4.79 Å². The van der Waals surface area contributed by atoms with Crippen LogP contribution in [-0.2, 0) is 4.79 Å². The molecule has 2 rings (SSSR count). The average Bonchev–Trinajstić information content (AvgIpc) is 2.78. The Hall–Kier alpha value is -1.95. The lowest BCUT2D eigenvalue weighted by molar-refractivity contribution is -0.114. The minimum Gasteiger partial charge on any atom is -0.309 e. The Balaban J connectivity index is 2.30. The zero-order chi connectivity index (χ0) is 12.3. The fourth-order valence-corrected chi connectivity index (χ4v) is 1.33. The van der Waals surface area contributed by atoms with Crippen molar-refractivity contribution < 1.29 is 4.79 Å². The molecule has 2 aromatic rings. The number of carbonyl (C=O) groups is 1. The minimum absolute atomic E-state index is 0.106. The standard InChI is InChI=1S/C10H10ClN5O/c1-7-2-3-9(15-14-7)16-8(4-5-12-16)13-10(17)6-11/h2-5H,6H2,1H3,(H,13,17). The Morgan fingerprint density at radius 2 is 2.24 bits per heavy atom. The Morgan fingerprint density at radius 1 is 1.41 bits per heavy atom. The molecule has 6 nitrogen and oxygen atoms in total. The van der Waals surface area contributed by atoms with E-state index in [4.69, 9.17) is 11.6 Å². The second-order valence-corrected chi connectivity index (χ2v) is 3.61. The molecule has 0 spiro atoms. The van der Waals surface area contributed by atoms with Gasteiger partial charge in [-0.1, -0.05) is 0 Å². The van der Waals surface area contributed by atoms with Crippen LogP contribution in [0.2, 0.25) is 0 Å². The second-order valence-electron chi connectivity index (χ2n) is 3.34. The molecule has 0 bridgehead atoms. The summed E-state index contributed by atoms with van der Waals surface area (Å²) < 4.78 is 1.48. The molecule has 0 atom stereocenters. The second kappa shape index (κ2) is 4.92. The predicted molar refractivity (Wildman–Crippen MR) is 63.2 cm³/mol. The van der Waals surface area contributed by atoms with Crippen LogP contribution in [0.3, 0.4) is 0 Å². The fourth-order valence-electron chi connectivity index (χ4n) is 1.26. The molecule has 1 amide bonds. The quantitative estimate of drug-likeness (QED) is 0.831. The van der Waals surface area contributed by atoms with Crippen molar-refractivity contribution in [2.75, 3.05) is 11.2 Å². The monoisotopic (exact) mass is 251 g/mol. The summed E-state index contributed by atoms with van der Waals surface area (Å²) in [7, 11) is 0. The summed E-state index contributed by atoms with van der Waals surface area (Å²) in [5.74, 6) is 0.637. The van der Waals surface area contributed by atoms with E-state index in [1.165, 1.54) is 4.68 Å². The first-order chi connectivity index (χ1) is 8.20. The Bertz CT molecular complexity index is 522. The van der Waals surface area contributed by atoms with E-state index < -0.39 is 0 Å². The van der Waals surface area contributed by atoms with Gasteiger partial charge in [0.2, 0.25) is 5.91 Å². The number of nitrogens with one attached hydrogen (secondary N) is 1. The topological polar surface area (TPSA) is 72.7 Å². The number of amides is 1.